The fourth-order valence-corrected chi connectivity index (χ4v) is 2.23. The number of likely N-dealkylation sites (tertiary alicyclic amines) is 1. The van der Waals surface area contributed by atoms with Crippen LogP contribution in [-0.2, 0) is 13.2 Å². The fourth-order valence-electron chi connectivity index (χ4n) is 2.23. The minimum absolute atomic E-state index is 0.0761. The van der Waals surface area contributed by atoms with Crippen molar-refractivity contribution < 1.29 is 5.11 Å². The largest absolute Gasteiger partial charge is 0.390 e. The van der Waals surface area contributed by atoms with Crippen molar-refractivity contribution in [1.29, 1.82) is 0 Å². The van der Waals surface area contributed by atoms with Crippen molar-refractivity contribution in [2.75, 3.05) is 13.1 Å². The molecule has 1 aromatic heterocycles. The van der Waals surface area contributed by atoms with Crippen molar-refractivity contribution in [3.63, 3.8) is 0 Å². The van der Waals surface area contributed by atoms with E-state index in [1.165, 1.54) is 25.9 Å². The Bertz CT molecular complexity index is 305. The molecule has 2 rings (SSSR count). The van der Waals surface area contributed by atoms with Gasteiger partial charge in [0.15, 0.2) is 0 Å². The lowest BCUT2D eigenvalue weighted by Gasteiger charge is -2.24. The molecule has 1 aliphatic heterocycles. The van der Waals surface area contributed by atoms with Crippen LogP contribution in [0.2, 0.25) is 0 Å². The molecule has 1 saturated heterocycles. The van der Waals surface area contributed by atoms with Gasteiger partial charge in [0.1, 0.15) is 0 Å². The number of nitrogens with zero attached hydrogens (tertiary/aromatic N) is 3. The third kappa shape index (κ3) is 2.38. The molecule has 1 unspecified atom stereocenters. The highest BCUT2D eigenvalue weighted by Gasteiger charge is 2.18. The van der Waals surface area contributed by atoms with Gasteiger partial charge < -0.3 is 9.67 Å². The van der Waals surface area contributed by atoms with Gasteiger partial charge in [-0.1, -0.05) is 0 Å². The molecule has 2 heterocycles. The maximum absolute atomic E-state index is 9.11. The molecule has 4 nitrogen and oxygen atoms in total. The first kappa shape index (κ1) is 10.6. The number of hydrogen-bond acceptors (Lipinski definition) is 3. The number of hydrogen-bond donors (Lipinski definition) is 1. The summed E-state index contributed by atoms with van der Waals surface area (Å²) in [5, 5.41) is 9.11. The molecular weight excluding hydrogens is 190 g/mol. The van der Waals surface area contributed by atoms with Crippen LogP contribution in [0, 0.1) is 0 Å². The summed E-state index contributed by atoms with van der Waals surface area (Å²) >= 11 is 0. The molecule has 4 heteroatoms. The van der Waals surface area contributed by atoms with Gasteiger partial charge in [-0.05, 0) is 32.9 Å². The molecule has 0 saturated carbocycles. The van der Waals surface area contributed by atoms with Crippen molar-refractivity contribution in [1.82, 2.24) is 14.5 Å². The standard InChI is InChI=1S/C11H19N3O/c1-10(13-4-2-3-5-13)7-14-9-12-6-11(14)8-15/h6,9-10,15H,2-5,7-8H2,1H3. The summed E-state index contributed by atoms with van der Waals surface area (Å²) in [5.74, 6) is 0. The molecule has 1 N–H and O–H groups in total. The third-order valence-corrected chi connectivity index (χ3v) is 3.19. The molecule has 0 spiro atoms. The molecule has 0 aliphatic carbocycles. The Morgan fingerprint density at radius 1 is 1.47 bits per heavy atom. The Morgan fingerprint density at radius 2 is 2.20 bits per heavy atom. The van der Waals surface area contributed by atoms with Gasteiger partial charge in [0, 0.05) is 12.6 Å². The zero-order chi connectivity index (χ0) is 10.7. The van der Waals surface area contributed by atoms with E-state index in [9.17, 15) is 0 Å². The van der Waals surface area contributed by atoms with E-state index in [4.69, 9.17) is 5.11 Å². The van der Waals surface area contributed by atoms with Gasteiger partial charge >= 0.3 is 0 Å². The Labute approximate surface area is 90.5 Å². The summed E-state index contributed by atoms with van der Waals surface area (Å²) in [4.78, 5) is 6.56. The molecule has 0 bridgehead atoms. The van der Waals surface area contributed by atoms with E-state index in [0.29, 0.717) is 6.04 Å². The Balaban J connectivity index is 1.95. The van der Waals surface area contributed by atoms with Crippen LogP contribution in [0.5, 0.6) is 0 Å². The highest BCUT2D eigenvalue weighted by atomic mass is 16.3. The number of aromatic nitrogens is 2. The zero-order valence-electron chi connectivity index (χ0n) is 9.26. The summed E-state index contributed by atoms with van der Waals surface area (Å²) in [6.45, 7) is 5.67. The van der Waals surface area contributed by atoms with Crippen LogP contribution in [0.25, 0.3) is 0 Å². The smallest absolute Gasteiger partial charge is 0.0949 e. The van der Waals surface area contributed by atoms with Crippen molar-refractivity contribution in [2.45, 2.75) is 39.0 Å². The fraction of sp³-hybridized carbons (Fsp3) is 0.727. The van der Waals surface area contributed by atoms with Gasteiger partial charge in [-0.25, -0.2) is 4.98 Å². The number of imidazole rings is 1. The first-order valence-electron chi connectivity index (χ1n) is 5.65. The van der Waals surface area contributed by atoms with E-state index in [1.807, 2.05) is 4.57 Å². The monoisotopic (exact) mass is 209 g/mol. The normalized spacial score (nSPS) is 19.6. The van der Waals surface area contributed by atoms with Gasteiger partial charge in [-0.3, -0.25) is 4.90 Å². The lowest BCUT2D eigenvalue weighted by molar-refractivity contribution is 0.225. The van der Waals surface area contributed by atoms with E-state index < -0.39 is 0 Å². The SMILES string of the molecule is CC(Cn1cncc1CO)N1CCCC1. The molecule has 1 aromatic rings. The van der Waals surface area contributed by atoms with Crippen molar-refractivity contribution in [3.05, 3.63) is 18.2 Å². The predicted molar refractivity (Wildman–Crippen MR) is 58.4 cm³/mol. The van der Waals surface area contributed by atoms with Gasteiger partial charge in [0.2, 0.25) is 0 Å². The average Bonchev–Trinajstić information content (AvgIpc) is 2.87. The average molecular weight is 209 g/mol. The second kappa shape index (κ2) is 4.77. The summed E-state index contributed by atoms with van der Waals surface area (Å²) in [7, 11) is 0. The first-order valence-corrected chi connectivity index (χ1v) is 5.65. The van der Waals surface area contributed by atoms with Crippen molar-refractivity contribution in [3.8, 4) is 0 Å². The van der Waals surface area contributed by atoms with Crippen LogP contribution in [0.4, 0.5) is 0 Å². The van der Waals surface area contributed by atoms with Crippen molar-refractivity contribution >= 4 is 0 Å². The van der Waals surface area contributed by atoms with Crippen LogP contribution in [0.3, 0.4) is 0 Å². The van der Waals surface area contributed by atoms with Gasteiger partial charge in [-0.15, -0.1) is 0 Å². The summed E-state index contributed by atoms with van der Waals surface area (Å²) in [6.07, 6.45) is 6.18. The first-order chi connectivity index (χ1) is 7.31. The van der Waals surface area contributed by atoms with Gasteiger partial charge in [0.05, 0.1) is 24.8 Å². The lowest BCUT2D eigenvalue weighted by atomic mass is 10.3. The van der Waals surface area contributed by atoms with E-state index in [2.05, 4.69) is 16.8 Å². The molecule has 0 radical (unpaired) electrons. The van der Waals surface area contributed by atoms with E-state index in [-0.39, 0.29) is 6.61 Å². The van der Waals surface area contributed by atoms with Crippen LogP contribution < -0.4 is 0 Å². The number of rotatable bonds is 4. The highest BCUT2D eigenvalue weighted by Crippen LogP contribution is 2.13. The quantitative estimate of drug-likeness (QED) is 0.799. The topological polar surface area (TPSA) is 41.3 Å². The van der Waals surface area contributed by atoms with E-state index in [1.54, 1.807) is 12.5 Å². The summed E-state index contributed by atoms with van der Waals surface area (Å²) < 4.78 is 2.04. The molecule has 0 aromatic carbocycles. The second-order valence-electron chi connectivity index (χ2n) is 4.29. The van der Waals surface area contributed by atoms with Crippen LogP contribution in [0.1, 0.15) is 25.5 Å². The molecule has 1 aliphatic rings. The van der Waals surface area contributed by atoms with E-state index >= 15 is 0 Å². The Hall–Kier alpha value is -0.870. The Morgan fingerprint density at radius 3 is 2.87 bits per heavy atom. The zero-order valence-corrected chi connectivity index (χ0v) is 9.26. The number of aliphatic hydroxyl groups excluding tert-OH is 1. The summed E-state index contributed by atoms with van der Waals surface area (Å²) in [5.41, 5.74) is 0.904. The molecular formula is C11H19N3O. The lowest BCUT2D eigenvalue weighted by Crippen LogP contribution is -2.33. The van der Waals surface area contributed by atoms with Crippen LogP contribution >= 0.6 is 0 Å². The molecule has 84 valence electrons. The molecule has 1 fully saturated rings. The van der Waals surface area contributed by atoms with Crippen LogP contribution in [0.15, 0.2) is 12.5 Å². The maximum atomic E-state index is 9.11. The molecule has 15 heavy (non-hydrogen) atoms. The summed E-state index contributed by atoms with van der Waals surface area (Å²) in [6, 6.07) is 0.534. The van der Waals surface area contributed by atoms with E-state index in [0.717, 1.165) is 12.2 Å². The Kier molecular flexibility index (Phi) is 3.38. The minimum atomic E-state index is 0.0761. The third-order valence-electron chi connectivity index (χ3n) is 3.19. The number of aliphatic hydroxyl groups is 1. The van der Waals surface area contributed by atoms with Crippen LogP contribution in [-0.4, -0.2) is 38.7 Å². The highest BCUT2D eigenvalue weighted by molar-refractivity contribution is 4.96. The molecule has 1 atom stereocenters. The molecule has 0 amide bonds. The van der Waals surface area contributed by atoms with Crippen molar-refractivity contribution in [2.24, 2.45) is 0 Å². The van der Waals surface area contributed by atoms with Gasteiger partial charge in [-0.2, -0.15) is 0 Å². The second-order valence-corrected chi connectivity index (χ2v) is 4.29. The van der Waals surface area contributed by atoms with Gasteiger partial charge in [0.25, 0.3) is 0 Å². The maximum Gasteiger partial charge on any atom is 0.0949 e. The minimum Gasteiger partial charge on any atom is -0.390 e. The predicted octanol–water partition coefficient (Wildman–Crippen LogP) is 0.860.